The first kappa shape index (κ1) is 14.4. The average Bonchev–Trinajstić information content (AvgIpc) is 2.83. The zero-order chi connectivity index (χ0) is 13.9. The van der Waals surface area contributed by atoms with Crippen molar-refractivity contribution in [3.63, 3.8) is 0 Å². The van der Waals surface area contributed by atoms with E-state index in [1.54, 1.807) is 0 Å². The van der Waals surface area contributed by atoms with E-state index in [1.807, 2.05) is 11.8 Å². The fourth-order valence-corrected chi connectivity index (χ4v) is 3.92. The highest BCUT2D eigenvalue weighted by Crippen LogP contribution is 2.31. The third-order valence-corrected chi connectivity index (χ3v) is 5.34. The Morgan fingerprint density at radius 2 is 2.00 bits per heavy atom. The molecule has 2 rings (SSSR count). The van der Waals surface area contributed by atoms with Gasteiger partial charge in [-0.1, -0.05) is 49.9 Å². The minimum Gasteiger partial charge on any atom is -0.359 e. The number of aliphatic imine (C=N–C) groups is 1. The van der Waals surface area contributed by atoms with E-state index in [0.29, 0.717) is 0 Å². The lowest BCUT2D eigenvalue weighted by atomic mass is 9.96. The predicted molar refractivity (Wildman–Crippen MR) is 85.9 cm³/mol. The first-order valence-corrected chi connectivity index (χ1v) is 8.13. The minimum absolute atomic E-state index is 0.223. The zero-order valence-electron chi connectivity index (χ0n) is 12.4. The van der Waals surface area contributed by atoms with Crippen LogP contribution in [0, 0.1) is 6.92 Å². The molecule has 2 nitrogen and oxygen atoms in total. The Morgan fingerprint density at radius 3 is 2.58 bits per heavy atom. The van der Waals surface area contributed by atoms with Gasteiger partial charge in [-0.05, 0) is 37.8 Å². The Morgan fingerprint density at radius 1 is 1.32 bits per heavy atom. The van der Waals surface area contributed by atoms with Crippen molar-refractivity contribution in [1.29, 1.82) is 0 Å². The second kappa shape index (κ2) is 6.00. The van der Waals surface area contributed by atoms with Gasteiger partial charge in [0.1, 0.15) is 0 Å². The Labute approximate surface area is 121 Å². The molecule has 1 heterocycles. The van der Waals surface area contributed by atoms with Crippen LogP contribution in [-0.4, -0.2) is 16.5 Å². The molecule has 0 aliphatic carbocycles. The van der Waals surface area contributed by atoms with Gasteiger partial charge in [-0.2, -0.15) is 0 Å². The maximum atomic E-state index is 4.87. The van der Waals surface area contributed by atoms with E-state index in [-0.39, 0.29) is 11.6 Å². The van der Waals surface area contributed by atoms with Gasteiger partial charge in [-0.3, -0.25) is 4.99 Å². The van der Waals surface area contributed by atoms with Gasteiger partial charge in [0.05, 0.1) is 6.04 Å². The lowest BCUT2D eigenvalue weighted by molar-refractivity contribution is 0.407. The van der Waals surface area contributed by atoms with Gasteiger partial charge in [0.2, 0.25) is 0 Å². The predicted octanol–water partition coefficient (Wildman–Crippen LogP) is 4.31. The van der Waals surface area contributed by atoms with Crippen molar-refractivity contribution < 1.29 is 0 Å². The van der Waals surface area contributed by atoms with Crippen LogP contribution in [0.1, 0.15) is 50.8 Å². The van der Waals surface area contributed by atoms with Crippen molar-refractivity contribution in [3.05, 3.63) is 35.4 Å². The fraction of sp³-hybridized carbons (Fsp3) is 0.562. The molecule has 19 heavy (non-hydrogen) atoms. The third-order valence-electron chi connectivity index (χ3n) is 4.16. The number of nitrogens with one attached hydrogen (secondary N) is 1. The lowest BCUT2D eigenvalue weighted by Crippen LogP contribution is -2.42. The Balaban J connectivity index is 2.13. The van der Waals surface area contributed by atoms with Gasteiger partial charge in [0.25, 0.3) is 0 Å². The van der Waals surface area contributed by atoms with Crippen molar-refractivity contribution in [2.75, 3.05) is 5.75 Å². The first-order chi connectivity index (χ1) is 9.10. The van der Waals surface area contributed by atoms with E-state index in [2.05, 4.69) is 57.3 Å². The molecule has 0 saturated carbocycles. The number of hydrogen-bond donors (Lipinski definition) is 1. The number of benzene rings is 1. The monoisotopic (exact) mass is 276 g/mol. The van der Waals surface area contributed by atoms with Gasteiger partial charge in [-0.25, -0.2) is 0 Å². The van der Waals surface area contributed by atoms with E-state index in [0.717, 1.165) is 23.8 Å². The van der Waals surface area contributed by atoms with E-state index in [1.165, 1.54) is 11.1 Å². The number of amidine groups is 1. The standard InChI is InChI=1S/C16H24N2S/c1-5-16(6-2)11-19-15(18-16)17-13(4)14-10-8-7-9-12(14)3/h7-10,13H,5-6,11H2,1-4H3,(H,17,18). The smallest absolute Gasteiger partial charge is 0.157 e. The largest absolute Gasteiger partial charge is 0.359 e. The van der Waals surface area contributed by atoms with E-state index < -0.39 is 0 Å². The molecule has 0 spiro atoms. The van der Waals surface area contributed by atoms with Crippen molar-refractivity contribution in [2.24, 2.45) is 4.99 Å². The maximum Gasteiger partial charge on any atom is 0.157 e. The molecule has 1 aliphatic heterocycles. The van der Waals surface area contributed by atoms with Crippen molar-refractivity contribution in [3.8, 4) is 0 Å². The van der Waals surface area contributed by atoms with E-state index >= 15 is 0 Å². The summed E-state index contributed by atoms with van der Waals surface area (Å²) >= 11 is 1.87. The summed E-state index contributed by atoms with van der Waals surface area (Å²) in [7, 11) is 0. The summed E-state index contributed by atoms with van der Waals surface area (Å²) in [5.41, 5.74) is 2.90. The van der Waals surface area contributed by atoms with E-state index in [4.69, 9.17) is 4.99 Å². The molecule has 3 heteroatoms. The molecular weight excluding hydrogens is 252 g/mol. The summed E-state index contributed by atoms with van der Waals surface area (Å²) < 4.78 is 0. The summed E-state index contributed by atoms with van der Waals surface area (Å²) in [4.78, 5) is 4.87. The van der Waals surface area contributed by atoms with Gasteiger partial charge < -0.3 is 5.32 Å². The van der Waals surface area contributed by atoms with Crippen LogP contribution in [0.25, 0.3) is 0 Å². The summed E-state index contributed by atoms with van der Waals surface area (Å²) in [5, 5.41) is 4.75. The van der Waals surface area contributed by atoms with Crippen LogP contribution in [0.2, 0.25) is 0 Å². The molecule has 1 aromatic rings. The minimum atomic E-state index is 0.223. The molecule has 0 bridgehead atoms. The molecule has 1 saturated heterocycles. The summed E-state index contributed by atoms with van der Waals surface area (Å²) in [6.07, 6.45) is 2.32. The molecule has 1 unspecified atom stereocenters. The molecule has 1 atom stereocenters. The number of aryl methyl sites for hydroxylation is 1. The Bertz CT molecular complexity index is 464. The van der Waals surface area contributed by atoms with Crippen molar-refractivity contribution in [1.82, 2.24) is 5.32 Å². The van der Waals surface area contributed by atoms with Gasteiger partial charge in [0, 0.05) is 11.3 Å². The summed E-state index contributed by atoms with van der Waals surface area (Å²) in [6, 6.07) is 8.73. The van der Waals surface area contributed by atoms with Gasteiger partial charge in [-0.15, -0.1) is 0 Å². The Kier molecular flexibility index (Phi) is 4.56. The van der Waals surface area contributed by atoms with Crippen LogP contribution >= 0.6 is 11.8 Å². The van der Waals surface area contributed by atoms with Crippen molar-refractivity contribution in [2.45, 2.75) is 52.1 Å². The Hall–Kier alpha value is -0.960. The average molecular weight is 276 g/mol. The second-order valence-corrected chi connectivity index (χ2v) is 6.33. The molecule has 0 radical (unpaired) electrons. The highest BCUT2D eigenvalue weighted by molar-refractivity contribution is 8.14. The first-order valence-electron chi connectivity index (χ1n) is 7.14. The SMILES string of the molecule is CCC1(CC)CSC(=NC(C)c2ccccc2C)N1. The van der Waals surface area contributed by atoms with E-state index in [9.17, 15) is 0 Å². The maximum absolute atomic E-state index is 4.87. The number of hydrogen-bond acceptors (Lipinski definition) is 2. The summed E-state index contributed by atoms with van der Waals surface area (Å²) in [5.74, 6) is 1.14. The highest BCUT2D eigenvalue weighted by atomic mass is 32.2. The second-order valence-electron chi connectivity index (χ2n) is 5.37. The van der Waals surface area contributed by atoms with Crippen LogP contribution in [0.15, 0.2) is 29.3 Å². The quantitative estimate of drug-likeness (QED) is 0.886. The van der Waals surface area contributed by atoms with Crippen LogP contribution < -0.4 is 5.32 Å². The normalized spacial score (nSPS) is 21.4. The fourth-order valence-electron chi connectivity index (χ4n) is 2.51. The lowest BCUT2D eigenvalue weighted by Gasteiger charge is -2.25. The molecule has 104 valence electrons. The van der Waals surface area contributed by atoms with Crippen LogP contribution in [0.5, 0.6) is 0 Å². The molecule has 0 amide bonds. The molecule has 0 aromatic heterocycles. The molecular formula is C16H24N2S. The topological polar surface area (TPSA) is 24.4 Å². The van der Waals surface area contributed by atoms with Crippen molar-refractivity contribution >= 4 is 16.9 Å². The molecule has 1 aromatic carbocycles. The van der Waals surface area contributed by atoms with Gasteiger partial charge in [0.15, 0.2) is 5.17 Å². The zero-order valence-corrected chi connectivity index (χ0v) is 13.2. The van der Waals surface area contributed by atoms with Gasteiger partial charge >= 0.3 is 0 Å². The van der Waals surface area contributed by atoms with Crippen LogP contribution in [0.3, 0.4) is 0 Å². The van der Waals surface area contributed by atoms with Crippen LogP contribution in [-0.2, 0) is 0 Å². The third kappa shape index (κ3) is 3.14. The highest BCUT2D eigenvalue weighted by Gasteiger charge is 2.33. The number of thioether (sulfide) groups is 1. The molecule has 1 N–H and O–H groups in total. The van der Waals surface area contributed by atoms with Crippen LogP contribution in [0.4, 0.5) is 0 Å². The molecule has 1 fully saturated rings. The number of nitrogens with zero attached hydrogens (tertiary/aromatic N) is 1. The summed E-state index contributed by atoms with van der Waals surface area (Å²) in [6.45, 7) is 8.84. The number of rotatable bonds is 4. The molecule has 1 aliphatic rings.